The van der Waals surface area contributed by atoms with Crippen LogP contribution < -0.4 is 5.32 Å². The van der Waals surface area contributed by atoms with Crippen LogP contribution in [0.5, 0.6) is 0 Å². The molecule has 1 N–H and O–H groups in total. The highest BCUT2D eigenvalue weighted by Crippen LogP contribution is 2.34. The lowest BCUT2D eigenvalue weighted by molar-refractivity contribution is 0.286. The van der Waals surface area contributed by atoms with Crippen LogP contribution >= 0.6 is 11.6 Å². The van der Waals surface area contributed by atoms with Gasteiger partial charge in [-0.3, -0.25) is 0 Å². The highest BCUT2D eigenvalue weighted by Gasteiger charge is 2.26. The Morgan fingerprint density at radius 3 is 2.45 bits per heavy atom. The third-order valence-corrected chi connectivity index (χ3v) is 4.77. The second-order valence-corrected chi connectivity index (χ2v) is 7.64. The number of halogens is 1. The van der Waals surface area contributed by atoms with Crippen molar-refractivity contribution in [3.05, 3.63) is 34.9 Å². The van der Waals surface area contributed by atoms with E-state index in [4.69, 9.17) is 11.6 Å². The summed E-state index contributed by atoms with van der Waals surface area (Å²) in [6.45, 7) is 7.83. The molecule has 0 amide bonds. The summed E-state index contributed by atoms with van der Waals surface area (Å²) >= 11 is 6.34. The zero-order valence-corrected chi connectivity index (χ0v) is 13.8. The molecular weight excluding hydrogens is 266 g/mol. The van der Waals surface area contributed by atoms with Gasteiger partial charge in [0.2, 0.25) is 0 Å². The summed E-state index contributed by atoms with van der Waals surface area (Å²) in [5, 5.41) is 4.62. The molecule has 1 atom stereocenters. The van der Waals surface area contributed by atoms with E-state index < -0.39 is 0 Å². The average Bonchev–Trinajstić information content (AvgIpc) is 2.89. The quantitative estimate of drug-likeness (QED) is 0.798. The molecule has 0 saturated heterocycles. The molecule has 1 aliphatic rings. The average molecular weight is 294 g/mol. The molecule has 0 heterocycles. The van der Waals surface area contributed by atoms with Crippen molar-refractivity contribution in [2.75, 3.05) is 6.54 Å². The van der Waals surface area contributed by atoms with E-state index in [2.05, 4.69) is 38.2 Å². The van der Waals surface area contributed by atoms with Crippen molar-refractivity contribution in [2.24, 2.45) is 11.8 Å². The van der Waals surface area contributed by atoms with Gasteiger partial charge in [-0.05, 0) is 57.2 Å². The van der Waals surface area contributed by atoms with Gasteiger partial charge in [-0.2, -0.15) is 0 Å². The van der Waals surface area contributed by atoms with Crippen LogP contribution in [0.1, 0.15) is 52.0 Å². The first-order valence-corrected chi connectivity index (χ1v) is 8.32. The Morgan fingerprint density at radius 2 is 1.85 bits per heavy atom. The maximum absolute atomic E-state index is 6.34. The maximum Gasteiger partial charge on any atom is 0.0438 e. The molecule has 0 aromatic heterocycles. The fourth-order valence-corrected chi connectivity index (χ4v) is 3.43. The Labute approximate surface area is 129 Å². The van der Waals surface area contributed by atoms with Gasteiger partial charge in [0.1, 0.15) is 0 Å². The summed E-state index contributed by atoms with van der Waals surface area (Å²) in [6, 6.07) is 8.31. The predicted octanol–water partition coefficient (Wildman–Crippen LogP) is 5.08. The van der Waals surface area contributed by atoms with Crippen molar-refractivity contribution in [3.8, 4) is 0 Å². The summed E-state index contributed by atoms with van der Waals surface area (Å²) in [4.78, 5) is 0. The zero-order chi connectivity index (χ0) is 14.6. The van der Waals surface area contributed by atoms with Crippen LogP contribution in [-0.4, -0.2) is 12.1 Å². The lowest BCUT2D eigenvalue weighted by atomic mass is 9.85. The van der Waals surface area contributed by atoms with Gasteiger partial charge in [0.25, 0.3) is 0 Å². The first-order valence-electron chi connectivity index (χ1n) is 7.94. The van der Waals surface area contributed by atoms with Gasteiger partial charge in [0, 0.05) is 10.6 Å². The highest BCUT2D eigenvalue weighted by atomic mass is 35.5. The van der Waals surface area contributed by atoms with Gasteiger partial charge in [-0.15, -0.1) is 0 Å². The molecule has 1 aliphatic carbocycles. The second kappa shape index (κ2) is 6.95. The molecule has 0 radical (unpaired) electrons. The lowest BCUT2D eigenvalue weighted by Gasteiger charge is -2.29. The standard InChI is InChI=1S/C18H28ClN/c1-18(2,3)20-13-16(14-8-4-5-9-14)12-15-10-6-7-11-17(15)19/h6-7,10-11,14,16,20H,4-5,8-9,12-13H2,1-3H3. The normalized spacial score (nSPS) is 18.4. The van der Waals surface area contributed by atoms with Crippen LogP contribution in [0.3, 0.4) is 0 Å². The molecule has 1 fully saturated rings. The van der Waals surface area contributed by atoms with E-state index >= 15 is 0 Å². The molecule has 112 valence electrons. The number of rotatable bonds is 5. The Morgan fingerprint density at radius 1 is 1.20 bits per heavy atom. The Balaban J connectivity index is 2.04. The summed E-state index contributed by atoms with van der Waals surface area (Å²) in [7, 11) is 0. The largest absolute Gasteiger partial charge is 0.312 e. The summed E-state index contributed by atoms with van der Waals surface area (Å²) in [5.41, 5.74) is 1.50. The van der Waals surface area contributed by atoms with E-state index in [0.29, 0.717) is 5.92 Å². The second-order valence-electron chi connectivity index (χ2n) is 7.23. The minimum atomic E-state index is 0.192. The first kappa shape index (κ1) is 15.9. The van der Waals surface area contributed by atoms with E-state index in [1.807, 2.05) is 12.1 Å². The monoisotopic (exact) mass is 293 g/mol. The van der Waals surface area contributed by atoms with Gasteiger partial charge in [-0.1, -0.05) is 55.5 Å². The van der Waals surface area contributed by atoms with Gasteiger partial charge >= 0.3 is 0 Å². The van der Waals surface area contributed by atoms with Gasteiger partial charge in [0.05, 0.1) is 0 Å². The van der Waals surface area contributed by atoms with Gasteiger partial charge in [-0.25, -0.2) is 0 Å². The number of hydrogen-bond donors (Lipinski definition) is 1. The molecule has 1 aromatic rings. The molecule has 20 heavy (non-hydrogen) atoms. The topological polar surface area (TPSA) is 12.0 Å². The van der Waals surface area contributed by atoms with Crippen LogP contribution in [0.25, 0.3) is 0 Å². The summed E-state index contributed by atoms with van der Waals surface area (Å²) in [5.74, 6) is 1.57. The van der Waals surface area contributed by atoms with E-state index in [-0.39, 0.29) is 5.54 Å². The minimum Gasteiger partial charge on any atom is -0.312 e. The van der Waals surface area contributed by atoms with Crippen LogP contribution in [0.2, 0.25) is 5.02 Å². The van der Waals surface area contributed by atoms with Crippen LogP contribution in [0.15, 0.2) is 24.3 Å². The van der Waals surface area contributed by atoms with Crippen molar-refractivity contribution in [1.82, 2.24) is 5.32 Å². The summed E-state index contributed by atoms with van der Waals surface area (Å²) in [6.07, 6.45) is 6.69. The molecule has 0 aliphatic heterocycles. The third kappa shape index (κ3) is 4.79. The molecule has 1 unspecified atom stereocenters. The molecule has 2 heteroatoms. The molecule has 0 spiro atoms. The summed E-state index contributed by atoms with van der Waals surface area (Å²) < 4.78 is 0. The molecule has 1 nitrogen and oxygen atoms in total. The Hall–Kier alpha value is -0.530. The van der Waals surface area contributed by atoms with E-state index in [0.717, 1.165) is 23.9 Å². The van der Waals surface area contributed by atoms with Crippen molar-refractivity contribution in [3.63, 3.8) is 0 Å². The molecule has 0 bridgehead atoms. The van der Waals surface area contributed by atoms with Gasteiger partial charge in [0.15, 0.2) is 0 Å². The van der Waals surface area contributed by atoms with Crippen LogP contribution in [-0.2, 0) is 6.42 Å². The Bertz CT molecular complexity index is 416. The SMILES string of the molecule is CC(C)(C)NCC(Cc1ccccc1Cl)C1CCCC1. The van der Waals surface area contributed by atoms with Crippen molar-refractivity contribution < 1.29 is 0 Å². The third-order valence-electron chi connectivity index (χ3n) is 4.40. The van der Waals surface area contributed by atoms with Crippen molar-refractivity contribution in [1.29, 1.82) is 0 Å². The van der Waals surface area contributed by atoms with Gasteiger partial charge < -0.3 is 5.32 Å². The van der Waals surface area contributed by atoms with Crippen molar-refractivity contribution in [2.45, 2.75) is 58.4 Å². The molecular formula is C18H28ClN. The fraction of sp³-hybridized carbons (Fsp3) is 0.667. The predicted molar refractivity (Wildman–Crippen MR) is 88.4 cm³/mol. The van der Waals surface area contributed by atoms with E-state index in [1.54, 1.807) is 0 Å². The van der Waals surface area contributed by atoms with E-state index in [9.17, 15) is 0 Å². The molecule has 1 saturated carbocycles. The fourth-order valence-electron chi connectivity index (χ4n) is 3.22. The first-order chi connectivity index (χ1) is 9.46. The minimum absolute atomic E-state index is 0.192. The lowest BCUT2D eigenvalue weighted by Crippen LogP contribution is -2.41. The number of nitrogens with one attached hydrogen (secondary N) is 1. The van der Waals surface area contributed by atoms with E-state index in [1.165, 1.54) is 31.2 Å². The van der Waals surface area contributed by atoms with Crippen LogP contribution in [0, 0.1) is 11.8 Å². The number of hydrogen-bond acceptors (Lipinski definition) is 1. The van der Waals surface area contributed by atoms with Crippen LogP contribution in [0.4, 0.5) is 0 Å². The highest BCUT2D eigenvalue weighted by molar-refractivity contribution is 6.31. The smallest absolute Gasteiger partial charge is 0.0438 e. The molecule has 1 aromatic carbocycles. The molecule has 2 rings (SSSR count). The zero-order valence-electron chi connectivity index (χ0n) is 13.1. The Kier molecular flexibility index (Phi) is 5.51. The maximum atomic E-state index is 6.34. The number of benzene rings is 1. The van der Waals surface area contributed by atoms with Crippen molar-refractivity contribution >= 4 is 11.6 Å².